The summed E-state index contributed by atoms with van der Waals surface area (Å²) in [7, 11) is 2.72. The molecule has 0 aromatic heterocycles. The topological polar surface area (TPSA) is 135 Å². The number of esters is 1. The number of benzene rings is 1. The zero-order chi connectivity index (χ0) is 24.2. The molecular weight excluding hydrogens is 496 g/mol. The first-order valence-corrected chi connectivity index (χ1v) is 11.5. The number of hydrogen-bond donors (Lipinski definition) is 3. The molecule has 1 aromatic carbocycles. The monoisotopic (exact) mass is 522 g/mol. The minimum atomic E-state index is -0.926. The van der Waals surface area contributed by atoms with Crippen molar-refractivity contribution >= 4 is 45.5 Å². The molecule has 1 aromatic rings. The lowest BCUT2D eigenvalue weighted by Gasteiger charge is -2.42. The summed E-state index contributed by atoms with van der Waals surface area (Å²) in [4.78, 5) is 47.3. The van der Waals surface area contributed by atoms with E-state index in [-0.39, 0.29) is 12.0 Å². The molecule has 1 atom stereocenters. The summed E-state index contributed by atoms with van der Waals surface area (Å²) < 4.78 is 11.3. The molecule has 0 bridgehead atoms. The molecule has 178 valence electrons. The van der Waals surface area contributed by atoms with E-state index in [2.05, 4.69) is 37.1 Å². The van der Waals surface area contributed by atoms with Crippen molar-refractivity contribution in [1.82, 2.24) is 16.1 Å². The van der Waals surface area contributed by atoms with Crippen LogP contribution in [0.3, 0.4) is 0 Å². The van der Waals surface area contributed by atoms with Gasteiger partial charge in [0, 0.05) is 23.1 Å². The summed E-state index contributed by atoms with van der Waals surface area (Å²) >= 11 is 3.51. The highest BCUT2D eigenvalue weighted by Gasteiger charge is 2.47. The molecule has 3 amide bonds. The molecule has 2 aliphatic rings. The summed E-state index contributed by atoms with van der Waals surface area (Å²) in [6.07, 6.45) is 2.62. The smallest absolute Gasteiger partial charge is 0.428 e. The number of hydrazone groups is 1. The SMILES string of the molecule is CNC(=O)C(=O)N[C@@H](C)CC1CCC2(CC1)OC(=O)NN=C2c1cc(C(=O)OC)ccc1Br. The maximum absolute atomic E-state index is 12.1. The average Bonchev–Trinajstić information content (AvgIpc) is 2.80. The van der Waals surface area contributed by atoms with Crippen LogP contribution in [0.5, 0.6) is 0 Å². The second-order valence-electron chi connectivity index (χ2n) is 8.27. The van der Waals surface area contributed by atoms with Crippen LogP contribution in [0.4, 0.5) is 4.79 Å². The van der Waals surface area contributed by atoms with Crippen LogP contribution >= 0.6 is 15.9 Å². The quantitative estimate of drug-likeness (QED) is 0.400. The van der Waals surface area contributed by atoms with Crippen molar-refractivity contribution in [2.24, 2.45) is 11.0 Å². The predicted molar refractivity (Wildman–Crippen MR) is 123 cm³/mol. The first-order valence-electron chi connectivity index (χ1n) is 10.7. The fourth-order valence-corrected chi connectivity index (χ4v) is 4.82. The molecule has 33 heavy (non-hydrogen) atoms. The fraction of sp³-hybridized carbons (Fsp3) is 0.500. The number of likely N-dealkylation sites (N-methyl/N-ethyl adjacent to an activating group) is 1. The lowest BCUT2D eigenvalue weighted by atomic mass is 9.72. The first-order chi connectivity index (χ1) is 15.7. The predicted octanol–water partition coefficient (Wildman–Crippen LogP) is 2.25. The van der Waals surface area contributed by atoms with Crippen molar-refractivity contribution in [3.8, 4) is 0 Å². The number of methoxy groups -OCH3 is 1. The molecular formula is C22H27BrN4O6. The van der Waals surface area contributed by atoms with Gasteiger partial charge in [0.25, 0.3) is 0 Å². The summed E-state index contributed by atoms with van der Waals surface area (Å²) in [5.41, 5.74) is 2.99. The van der Waals surface area contributed by atoms with Gasteiger partial charge in [-0.15, -0.1) is 0 Å². The molecule has 1 spiro atoms. The lowest BCUT2D eigenvalue weighted by molar-refractivity contribution is -0.139. The highest BCUT2D eigenvalue weighted by atomic mass is 79.9. The Morgan fingerprint density at radius 2 is 2.00 bits per heavy atom. The van der Waals surface area contributed by atoms with Crippen molar-refractivity contribution in [2.75, 3.05) is 14.2 Å². The van der Waals surface area contributed by atoms with Gasteiger partial charge in [0.05, 0.1) is 12.7 Å². The number of carbonyl (C=O) groups is 4. The van der Waals surface area contributed by atoms with Gasteiger partial charge in [0.2, 0.25) is 0 Å². The van der Waals surface area contributed by atoms with Gasteiger partial charge in [0.15, 0.2) is 5.60 Å². The van der Waals surface area contributed by atoms with Gasteiger partial charge in [-0.3, -0.25) is 9.59 Å². The molecule has 0 unspecified atom stereocenters. The van der Waals surface area contributed by atoms with E-state index in [0.29, 0.717) is 40.6 Å². The molecule has 1 saturated carbocycles. The number of rotatable bonds is 5. The van der Waals surface area contributed by atoms with Crippen LogP contribution in [-0.4, -0.2) is 55.4 Å². The molecule has 0 saturated heterocycles. The van der Waals surface area contributed by atoms with Crippen molar-refractivity contribution in [3.05, 3.63) is 33.8 Å². The van der Waals surface area contributed by atoms with Gasteiger partial charge < -0.3 is 20.1 Å². The highest BCUT2D eigenvalue weighted by Crippen LogP contribution is 2.41. The Morgan fingerprint density at radius 1 is 1.30 bits per heavy atom. The van der Waals surface area contributed by atoms with Crippen LogP contribution in [0.1, 0.15) is 54.9 Å². The van der Waals surface area contributed by atoms with E-state index in [4.69, 9.17) is 9.47 Å². The molecule has 1 aliphatic carbocycles. The summed E-state index contributed by atoms with van der Waals surface area (Å²) in [6, 6.07) is 4.86. The molecule has 0 radical (unpaired) electrons. The number of halogens is 1. The van der Waals surface area contributed by atoms with E-state index in [1.807, 2.05) is 6.92 Å². The zero-order valence-corrected chi connectivity index (χ0v) is 20.3. The minimum Gasteiger partial charge on any atom is -0.465 e. The molecule has 1 fully saturated rings. The van der Waals surface area contributed by atoms with Gasteiger partial charge in [-0.1, -0.05) is 15.9 Å². The van der Waals surface area contributed by atoms with E-state index in [1.54, 1.807) is 18.2 Å². The number of ether oxygens (including phenoxy) is 2. The summed E-state index contributed by atoms with van der Waals surface area (Å²) in [5, 5.41) is 9.31. The molecule has 3 N–H and O–H groups in total. The molecule has 1 heterocycles. The Hall–Kier alpha value is -2.95. The van der Waals surface area contributed by atoms with Gasteiger partial charge in [0.1, 0.15) is 5.71 Å². The third-order valence-corrected chi connectivity index (χ3v) is 6.72. The fourth-order valence-electron chi connectivity index (χ4n) is 4.39. The van der Waals surface area contributed by atoms with Gasteiger partial charge >= 0.3 is 23.9 Å². The normalized spacial score (nSPS) is 23.0. The number of nitrogens with zero attached hydrogens (tertiary/aromatic N) is 1. The third kappa shape index (κ3) is 5.52. The Kier molecular flexibility index (Phi) is 7.72. The second-order valence-corrected chi connectivity index (χ2v) is 9.13. The van der Waals surface area contributed by atoms with Gasteiger partial charge in [-0.25, -0.2) is 15.0 Å². The van der Waals surface area contributed by atoms with Crippen LogP contribution in [0.25, 0.3) is 0 Å². The summed E-state index contributed by atoms with van der Waals surface area (Å²) in [5.74, 6) is -1.54. The Bertz CT molecular complexity index is 987. The van der Waals surface area contributed by atoms with Crippen LogP contribution in [0.2, 0.25) is 0 Å². The molecule has 1 aliphatic heterocycles. The standard InChI is InChI=1S/C22H27BrN4O6/c1-12(25-19(29)18(28)24-2)10-13-6-8-22(9-7-13)17(26-27-21(31)33-22)15-11-14(20(30)32-3)4-5-16(15)23/h4-5,11-13H,6-10H2,1-3H3,(H,24,28)(H,25,29)(H,27,31)/t12-,13?,22?/m0/s1. The highest BCUT2D eigenvalue weighted by molar-refractivity contribution is 9.10. The van der Waals surface area contributed by atoms with Crippen molar-refractivity contribution in [1.29, 1.82) is 0 Å². The van der Waals surface area contributed by atoms with Crippen molar-refractivity contribution in [2.45, 2.75) is 50.7 Å². The largest absolute Gasteiger partial charge is 0.465 e. The van der Waals surface area contributed by atoms with E-state index >= 15 is 0 Å². The minimum absolute atomic E-state index is 0.177. The molecule has 11 heteroatoms. The van der Waals surface area contributed by atoms with Crippen LogP contribution in [0.15, 0.2) is 27.8 Å². The van der Waals surface area contributed by atoms with E-state index < -0.39 is 29.5 Å². The Balaban J connectivity index is 1.75. The van der Waals surface area contributed by atoms with Crippen LogP contribution < -0.4 is 16.1 Å². The van der Waals surface area contributed by atoms with E-state index in [9.17, 15) is 19.2 Å². The number of amides is 3. The molecule has 3 rings (SSSR count). The van der Waals surface area contributed by atoms with Gasteiger partial charge in [-0.2, -0.15) is 5.10 Å². The molecule has 10 nitrogen and oxygen atoms in total. The van der Waals surface area contributed by atoms with Gasteiger partial charge in [-0.05, 0) is 63.1 Å². The van der Waals surface area contributed by atoms with Crippen LogP contribution in [0, 0.1) is 5.92 Å². The average molecular weight is 523 g/mol. The maximum Gasteiger partial charge on any atom is 0.428 e. The number of hydrogen-bond acceptors (Lipinski definition) is 7. The number of nitrogens with one attached hydrogen (secondary N) is 3. The Labute approximate surface area is 200 Å². The first kappa shape index (κ1) is 24.7. The van der Waals surface area contributed by atoms with Crippen molar-refractivity contribution in [3.63, 3.8) is 0 Å². The third-order valence-electron chi connectivity index (χ3n) is 6.03. The van der Waals surface area contributed by atoms with E-state index in [1.165, 1.54) is 14.2 Å². The maximum atomic E-state index is 12.1. The summed E-state index contributed by atoms with van der Waals surface area (Å²) in [6.45, 7) is 1.86. The van der Waals surface area contributed by atoms with E-state index in [0.717, 1.165) is 12.8 Å². The second kappa shape index (κ2) is 10.3. The Morgan fingerprint density at radius 3 is 2.64 bits per heavy atom. The van der Waals surface area contributed by atoms with Crippen molar-refractivity contribution < 1.29 is 28.7 Å². The lowest BCUT2D eigenvalue weighted by Crippen LogP contribution is -2.52. The zero-order valence-electron chi connectivity index (χ0n) is 18.7. The number of carbonyl (C=O) groups excluding carboxylic acids is 4. The van der Waals surface area contributed by atoms with Crippen LogP contribution in [-0.2, 0) is 19.1 Å².